The van der Waals surface area contributed by atoms with Crippen LogP contribution in [-0.4, -0.2) is 40.9 Å². The van der Waals surface area contributed by atoms with Crippen LogP contribution >= 0.6 is 24.8 Å². The Kier molecular flexibility index (Phi) is 10.3. The summed E-state index contributed by atoms with van der Waals surface area (Å²) >= 11 is 0. The van der Waals surface area contributed by atoms with Gasteiger partial charge in [-0.15, -0.1) is 24.8 Å². The van der Waals surface area contributed by atoms with E-state index in [0.717, 1.165) is 18.8 Å². The van der Waals surface area contributed by atoms with Crippen molar-refractivity contribution in [1.82, 2.24) is 20.2 Å². The van der Waals surface area contributed by atoms with Gasteiger partial charge in [-0.2, -0.15) is 0 Å². The summed E-state index contributed by atoms with van der Waals surface area (Å²) in [6.07, 6.45) is 8.00. The number of nitrogens with zero attached hydrogens (tertiary/aromatic N) is 3. The maximum Gasteiger partial charge on any atom is 0.222 e. The number of halogens is 2. The number of nitrogens with one attached hydrogen (secondary N) is 1. The van der Waals surface area contributed by atoms with E-state index in [4.69, 9.17) is 0 Å². The Bertz CT molecular complexity index is 427. The molecule has 1 aliphatic heterocycles. The normalized spacial score (nSPS) is 16.1. The first-order valence-electron chi connectivity index (χ1n) is 7.36. The third-order valence-corrected chi connectivity index (χ3v) is 4.13. The van der Waals surface area contributed by atoms with E-state index in [1.807, 2.05) is 7.05 Å². The van der Waals surface area contributed by atoms with Crippen molar-refractivity contribution in [1.29, 1.82) is 0 Å². The lowest BCUT2D eigenvalue weighted by molar-refractivity contribution is -0.131. The molecule has 2 rings (SSSR count). The van der Waals surface area contributed by atoms with Crippen molar-refractivity contribution in [2.75, 3.05) is 20.1 Å². The molecule has 2 heterocycles. The summed E-state index contributed by atoms with van der Waals surface area (Å²) in [5.74, 6) is 1.32. The Balaban J connectivity index is 0.00000220. The smallest absolute Gasteiger partial charge is 0.222 e. The number of aromatic nitrogens is 2. The van der Waals surface area contributed by atoms with E-state index in [9.17, 15) is 4.79 Å². The van der Waals surface area contributed by atoms with Crippen molar-refractivity contribution in [2.24, 2.45) is 11.8 Å². The van der Waals surface area contributed by atoms with Crippen molar-refractivity contribution in [3.63, 3.8) is 0 Å². The van der Waals surface area contributed by atoms with Crippen molar-refractivity contribution in [3.05, 3.63) is 24.3 Å². The maximum absolute atomic E-state index is 12.3. The van der Waals surface area contributed by atoms with E-state index in [1.165, 1.54) is 12.8 Å². The summed E-state index contributed by atoms with van der Waals surface area (Å²) in [7, 11) is 1.84. The van der Waals surface area contributed by atoms with Gasteiger partial charge in [0.25, 0.3) is 0 Å². The van der Waals surface area contributed by atoms with Gasteiger partial charge in [-0.05, 0) is 37.8 Å². The lowest BCUT2D eigenvalue weighted by atomic mass is 9.84. The fourth-order valence-corrected chi connectivity index (χ4v) is 2.75. The zero-order valence-corrected chi connectivity index (χ0v) is 14.8. The number of hydrogen-bond acceptors (Lipinski definition) is 4. The molecule has 22 heavy (non-hydrogen) atoms. The molecular formula is C15H26Cl2N4O. The highest BCUT2D eigenvalue weighted by molar-refractivity contribution is 5.85. The maximum atomic E-state index is 12.3. The first kappa shape index (κ1) is 21.1. The second-order valence-electron chi connectivity index (χ2n) is 5.72. The highest BCUT2D eigenvalue weighted by atomic mass is 35.5. The number of amides is 1. The van der Waals surface area contributed by atoms with Crippen molar-refractivity contribution in [3.8, 4) is 0 Å². The summed E-state index contributed by atoms with van der Waals surface area (Å²) < 4.78 is 0. The molecule has 7 heteroatoms. The van der Waals surface area contributed by atoms with Gasteiger partial charge in [-0.25, -0.2) is 0 Å². The molecule has 0 spiro atoms. The van der Waals surface area contributed by atoms with Crippen LogP contribution in [0.2, 0.25) is 0 Å². The number of rotatable bonds is 5. The van der Waals surface area contributed by atoms with Gasteiger partial charge < -0.3 is 10.2 Å². The summed E-state index contributed by atoms with van der Waals surface area (Å²) in [6, 6.07) is 0. The Morgan fingerprint density at radius 3 is 2.64 bits per heavy atom. The Hall–Kier alpha value is -0.910. The van der Waals surface area contributed by atoms with Crippen LogP contribution in [0.5, 0.6) is 0 Å². The quantitative estimate of drug-likeness (QED) is 0.886. The molecule has 1 unspecified atom stereocenters. The molecule has 5 nitrogen and oxygen atoms in total. The van der Waals surface area contributed by atoms with Gasteiger partial charge in [0.1, 0.15) is 0 Å². The van der Waals surface area contributed by atoms with E-state index in [0.29, 0.717) is 24.8 Å². The van der Waals surface area contributed by atoms with Crippen LogP contribution in [-0.2, 0) is 11.3 Å². The summed E-state index contributed by atoms with van der Waals surface area (Å²) in [5.41, 5.74) is 0.831. The SMILES string of the molecule is CC(CC(=O)N(C)Cc1cnccn1)C1CCNCC1.Cl.Cl. The molecule has 126 valence electrons. The van der Waals surface area contributed by atoms with Crippen LogP contribution in [0.25, 0.3) is 0 Å². The highest BCUT2D eigenvalue weighted by Gasteiger charge is 2.23. The van der Waals surface area contributed by atoms with Crippen molar-refractivity contribution in [2.45, 2.75) is 32.7 Å². The Morgan fingerprint density at radius 1 is 1.36 bits per heavy atom. The van der Waals surface area contributed by atoms with Crippen LogP contribution < -0.4 is 5.32 Å². The lowest BCUT2D eigenvalue weighted by Gasteiger charge is -2.29. The molecule has 0 saturated carbocycles. The predicted octanol–water partition coefficient (Wildman–Crippen LogP) is 2.30. The van der Waals surface area contributed by atoms with E-state index in [2.05, 4.69) is 22.2 Å². The largest absolute Gasteiger partial charge is 0.340 e. The number of carbonyl (C=O) groups excluding carboxylic acids is 1. The van der Waals surface area contributed by atoms with Crippen LogP contribution in [0.15, 0.2) is 18.6 Å². The second-order valence-corrected chi connectivity index (χ2v) is 5.72. The zero-order chi connectivity index (χ0) is 14.4. The molecular weight excluding hydrogens is 323 g/mol. The van der Waals surface area contributed by atoms with Crippen LogP contribution in [0, 0.1) is 11.8 Å². The average Bonchev–Trinajstić information content (AvgIpc) is 2.49. The standard InChI is InChI=1S/C15H24N4O.2ClH/c1-12(13-3-5-16-6-4-13)9-15(20)19(2)11-14-10-17-7-8-18-14;;/h7-8,10,12-13,16H,3-6,9,11H2,1-2H3;2*1H. The summed E-state index contributed by atoms with van der Waals surface area (Å²) in [5, 5.41) is 3.37. The molecule has 0 aliphatic carbocycles. The van der Waals surface area contributed by atoms with E-state index in [1.54, 1.807) is 23.5 Å². The third-order valence-electron chi connectivity index (χ3n) is 4.13. The van der Waals surface area contributed by atoms with Gasteiger partial charge in [0.05, 0.1) is 18.4 Å². The van der Waals surface area contributed by atoms with Gasteiger partial charge >= 0.3 is 0 Å². The lowest BCUT2D eigenvalue weighted by Crippen LogP contribution is -2.34. The number of carbonyl (C=O) groups is 1. The van der Waals surface area contributed by atoms with E-state index < -0.39 is 0 Å². The summed E-state index contributed by atoms with van der Waals surface area (Å²) in [4.78, 5) is 22.2. The van der Waals surface area contributed by atoms with Crippen LogP contribution in [0.1, 0.15) is 31.9 Å². The first-order chi connectivity index (χ1) is 9.66. The van der Waals surface area contributed by atoms with E-state index in [-0.39, 0.29) is 30.7 Å². The van der Waals surface area contributed by atoms with Gasteiger partial charge in [0.15, 0.2) is 0 Å². The van der Waals surface area contributed by atoms with Gasteiger partial charge in [-0.3, -0.25) is 14.8 Å². The molecule has 1 aliphatic rings. The highest BCUT2D eigenvalue weighted by Crippen LogP contribution is 2.24. The molecule has 0 aromatic carbocycles. The molecule has 0 radical (unpaired) electrons. The van der Waals surface area contributed by atoms with Crippen molar-refractivity contribution < 1.29 is 4.79 Å². The van der Waals surface area contributed by atoms with Crippen LogP contribution in [0.3, 0.4) is 0 Å². The molecule has 1 saturated heterocycles. The molecule has 1 aromatic heterocycles. The van der Waals surface area contributed by atoms with Gasteiger partial charge in [0, 0.05) is 25.9 Å². The van der Waals surface area contributed by atoms with Crippen LogP contribution in [0.4, 0.5) is 0 Å². The molecule has 1 atom stereocenters. The predicted molar refractivity (Wildman–Crippen MR) is 92.4 cm³/mol. The van der Waals surface area contributed by atoms with E-state index >= 15 is 0 Å². The molecule has 1 N–H and O–H groups in total. The number of piperidine rings is 1. The zero-order valence-electron chi connectivity index (χ0n) is 13.2. The minimum absolute atomic E-state index is 0. The molecule has 1 aromatic rings. The van der Waals surface area contributed by atoms with Crippen molar-refractivity contribution >= 4 is 30.7 Å². The van der Waals surface area contributed by atoms with Gasteiger partial charge in [0.2, 0.25) is 5.91 Å². The minimum Gasteiger partial charge on any atom is -0.340 e. The minimum atomic E-state index is 0. The molecule has 1 amide bonds. The first-order valence-corrected chi connectivity index (χ1v) is 7.36. The second kappa shape index (κ2) is 10.8. The number of hydrogen-bond donors (Lipinski definition) is 1. The Morgan fingerprint density at radius 2 is 2.05 bits per heavy atom. The third kappa shape index (κ3) is 6.46. The topological polar surface area (TPSA) is 58.1 Å². The average molecular weight is 349 g/mol. The fourth-order valence-electron chi connectivity index (χ4n) is 2.75. The summed E-state index contributed by atoms with van der Waals surface area (Å²) in [6.45, 7) is 4.90. The Labute approximate surface area is 145 Å². The van der Waals surface area contributed by atoms with Gasteiger partial charge in [-0.1, -0.05) is 6.92 Å². The molecule has 1 fully saturated rings. The molecule has 0 bridgehead atoms. The fraction of sp³-hybridized carbons (Fsp3) is 0.667. The monoisotopic (exact) mass is 348 g/mol.